The van der Waals surface area contributed by atoms with E-state index < -0.39 is 11.7 Å². The maximum Gasteiger partial charge on any atom is 0.330 e. The van der Waals surface area contributed by atoms with E-state index in [0.717, 1.165) is 19.3 Å². The molecule has 20 heavy (non-hydrogen) atoms. The number of aliphatic hydroxyl groups is 2. The Morgan fingerprint density at radius 2 is 2.20 bits per heavy atom. The number of hydrogen-bond donors (Lipinski definition) is 2. The van der Waals surface area contributed by atoms with Crippen LogP contribution in [0.1, 0.15) is 45.4 Å². The normalized spacial score (nSPS) is 42.5. The number of fused-ring (bicyclic) bond motifs is 1. The largest absolute Gasteiger partial charge is 0.460 e. The van der Waals surface area contributed by atoms with Gasteiger partial charge in [-0.1, -0.05) is 18.2 Å². The molecular weight excluding hydrogens is 256 g/mol. The fraction of sp³-hybridized carbons (Fsp3) is 0.688. The Hall–Kier alpha value is -1.13. The molecular formula is C16H24O4. The summed E-state index contributed by atoms with van der Waals surface area (Å²) in [4.78, 5) is 11.6. The van der Waals surface area contributed by atoms with Gasteiger partial charge in [0.25, 0.3) is 0 Å². The minimum Gasteiger partial charge on any atom is -0.460 e. The first-order chi connectivity index (χ1) is 9.49. The molecule has 2 aliphatic rings. The highest BCUT2D eigenvalue weighted by atomic mass is 16.5. The highest BCUT2D eigenvalue weighted by Crippen LogP contribution is 2.39. The Morgan fingerprint density at radius 3 is 3.00 bits per heavy atom. The Morgan fingerprint density at radius 1 is 1.40 bits per heavy atom. The van der Waals surface area contributed by atoms with Crippen molar-refractivity contribution in [2.24, 2.45) is 5.92 Å². The smallest absolute Gasteiger partial charge is 0.330 e. The van der Waals surface area contributed by atoms with E-state index in [4.69, 9.17) is 4.74 Å². The third-order valence-corrected chi connectivity index (χ3v) is 4.20. The van der Waals surface area contributed by atoms with Crippen molar-refractivity contribution < 1.29 is 19.7 Å². The molecule has 0 spiro atoms. The quantitative estimate of drug-likeness (QED) is 0.527. The molecule has 0 aromatic rings. The first-order valence-electron chi connectivity index (χ1n) is 7.44. The fourth-order valence-corrected chi connectivity index (χ4v) is 3.09. The average Bonchev–Trinajstić information content (AvgIpc) is 2.63. The van der Waals surface area contributed by atoms with Crippen LogP contribution in [0.15, 0.2) is 24.3 Å². The summed E-state index contributed by atoms with van der Waals surface area (Å²) < 4.78 is 5.25. The molecule has 0 bridgehead atoms. The lowest BCUT2D eigenvalue weighted by Gasteiger charge is -2.26. The van der Waals surface area contributed by atoms with E-state index >= 15 is 0 Å². The second-order valence-corrected chi connectivity index (χ2v) is 6.02. The third-order valence-electron chi connectivity index (χ3n) is 4.20. The minimum absolute atomic E-state index is 0.0450. The molecule has 2 N–H and O–H groups in total. The number of ether oxygens (including phenoxy) is 1. The van der Waals surface area contributed by atoms with Crippen LogP contribution in [0.2, 0.25) is 0 Å². The number of rotatable bonds is 0. The zero-order valence-corrected chi connectivity index (χ0v) is 12.0. The maximum absolute atomic E-state index is 11.6. The second kappa shape index (κ2) is 6.55. The van der Waals surface area contributed by atoms with Crippen LogP contribution in [0, 0.1) is 5.92 Å². The minimum atomic E-state index is -0.952. The van der Waals surface area contributed by atoms with Gasteiger partial charge in [-0.15, -0.1) is 0 Å². The molecule has 2 rings (SSSR count). The summed E-state index contributed by atoms with van der Waals surface area (Å²) in [5.41, 5.74) is -0.952. The number of esters is 1. The van der Waals surface area contributed by atoms with Crippen LogP contribution < -0.4 is 0 Å². The lowest BCUT2D eigenvalue weighted by Crippen LogP contribution is -2.31. The molecule has 0 amide bonds. The lowest BCUT2D eigenvalue weighted by atomic mass is 9.87. The molecule has 1 aliphatic heterocycles. The molecule has 1 aliphatic carbocycles. The number of carbonyl (C=O) groups excluding carboxylic acids is 1. The Balaban J connectivity index is 2.12. The van der Waals surface area contributed by atoms with Gasteiger partial charge in [-0.05, 0) is 39.0 Å². The van der Waals surface area contributed by atoms with Gasteiger partial charge in [0.1, 0.15) is 0 Å². The van der Waals surface area contributed by atoms with E-state index in [-0.39, 0.29) is 18.0 Å². The summed E-state index contributed by atoms with van der Waals surface area (Å²) in [7, 11) is 0. The van der Waals surface area contributed by atoms with Crippen LogP contribution in [0.25, 0.3) is 0 Å². The van der Waals surface area contributed by atoms with Crippen molar-refractivity contribution in [2.45, 2.75) is 63.3 Å². The van der Waals surface area contributed by atoms with Gasteiger partial charge in [0.15, 0.2) is 0 Å². The summed E-state index contributed by atoms with van der Waals surface area (Å²) in [5, 5.41) is 20.4. The number of aliphatic hydroxyl groups excluding tert-OH is 1. The van der Waals surface area contributed by atoms with E-state index in [1.807, 2.05) is 13.0 Å². The first kappa shape index (κ1) is 15.3. The number of hydrogen-bond acceptors (Lipinski definition) is 4. The van der Waals surface area contributed by atoms with Crippen molar-refractivity contribution in [3.05, 3.63) is 24.3 Å². The van der Waals surface area contributed by atoms with Crippen LogP contribution in [-0.2, 0) is 9.53 Å². The van der Waals surface area contributed by atoms with Crippen LogP contribution in [0.3, 0.4) is 0 Å². The zero-order chi connectivity index (χ0) is 14.6. The molecule has 4 nitrogen and oxygen atoms in total. The summed E-state index contributed by atoms with van der Waals surface area (Å²) >= 11 is 0. The van der Waals surface area contributed by atoms with Crippen molar-refractivity contribution in [2.75, 3.05) is 0 Å². The molecule has 1 saturated carbocycles. The highest BCUT2D eigenvalue weighted by molar-refractivity contribution is 5.82. The lowest BCUT2D eigenvalue weighted by molar-refractivity contribution is -0.142. The van der Waals surface area contributed by atoms with Crippen LogP contribution in [0.5, 0.6) is 0 Å². The molecule has 4 heteroatoms. The molecule has 0 aromatic carbocycles. The predicted molar refractivity (Wildman–Crippen MR) is 76.0 cm³/mol. The molecule has 112 valence electrons. The third kappa shape index (κ3) is 3.93. The molecule has 0 aromatic heterocycles. The van der Waals surface area contributed by atoms with E-state index in [2.05, 4.69) is 6.08 Å². The Bertz CT molecular complexity index is 401. The van der Waals surface area contributed by atoms with E-state index in [9.17, 15) is 15.0 Å². The van der Waals surface area contributed by atoms with Gasteiger partial charge in [-0.3, -0.25) is 0 Å². The average molecular weight is 280 g/mol. The van der Waals surface area contributed by atoms with Gasteiger partial charge in [0, 0.05) is 18.4 Å². The summed E-state index contributed by atoms with van der Waals surface area (Å²) in [6.07, 6.45) is 10.6. The number of cyclic esters (lactones) is 1. The van der Waals surface area contributed by atoms with Gasteiger partial charge in [0.2, 0.25) is 0 Å². The molecule has 4 atom stereocenters. The molecule has 0 unspecified atom stereocenters. The second-order valence-electron chi connectivity index (χ2n) is 6.02. The van der Waals surface area contributed by atoms with Gasteiger partial charge in [-0.2, -0.15) is 0 Å². The maximum atomic E-state index is 11.6. The van der Waals surface area contributed by atoms with Crippen LogP contribution in [-0.4, -0.2) is 34.0 Å². The SMILES string of the molecule is C[C@H]1CCC/C=C/[C@H]2C[C@@H](O)C[C@]2(O)C/C=C\C(=O)O1. The molecule has 1 fully saturated rings. The first-order valence-corrected chi connectivity index (χ1v) is 7.44. The predicted octanol–water partition coefficient (Wildman–Crippen LogP) is 2.11. The number of carbonyl (C=O) groups is 1. The van der Waals surface area contributed by atoms with Gasteiger partial charge in [-0.25, -0.2) is 4.79 Å². The Kier molecular flexibility index (Phi) is 5.00. The monoisotopic (exact) mass is 280 g/mol. The topological polar surface area (TPSA) is 66.8 Å². The van der Waals surface area contributed by atoms with Gasteiger partial charge in [0.05, 0.1) is 17.8 Å². The van der Waals surface area contributed by atoms with Crippen molar-refractivity contribution in [1.82, 2.24) is 0 Å². The molecule has 1 heterocycles. The van der Waals surface area contributed by atoms with E-state index in [1.54, 1.807) is 6.08 Å². The highest BCUT2D eigenvalue weighted by Gasteiger charge is 2.43. The number of allylic oxidation sites excluding steroid dienone is 1. The summed E-state index contributed by atoms with van der Waals surface area (Å²) in [6, 6.07) is 0. The summed E-state index contributed by atoms with van der Waals surface area (Å²) in [5.74, 6) is -0.403. The fourth-order valence-electron chi connectivity index (χ4n) is 3.09. The Labute approximate surface area is 120 Å². The van der Waals surface area contributed by atoms with Crippen molar-refractivity contribution in [1.29, 1.82) is 0 Å². The van der Waals surface area contributed by atoms with E-state index in [1.165, 1.54) is 6.08 Å². The van der Waals surface area contributed by atoms with Crippen molar-refractivity contribution in [3.63, 3.8) is 0 Å². The van der Waals surface area contributed by atoms with Gasteiger partial charge < -0.3 is 14.9 Å². The van der Waals surface area contributed by atoms with Gasteiger partial charge >= 0.3 is 5.97 Å². The molecule has 0 radical (unpaired) electrons. The van der Waals surface area contributed by atoms with Crippen LogP contribution >= 0.6 is 0 Å². The van der Waals surface area contributed by atoms with Crippen molar-refractivity contribution in [3.8, 4) is 0 Å². The summed E-state index contributed by atoms with van der Waals surface area (Å²) in [6.45, 7) is 1.90. The van der Waals surface area contributed by atoms with E-state index in [0.29, 0.717) is 19.3 Å². The molecule has 0 saturated heterocycles. The van der Waals surface area contributed by atoms with Crippen LogP contribution in [0.4, 0.5) is 0 Å². The van der Waals surface area contributed by atoms with Crippen molar-refractivity contribution >= 4 is 5.97 Å². The zero-order valence-electron chi connectivity index (χ0n) is 12.0. The standard InChI is InChI=1S/C16H24O4/c1-12-6-3-2-4-7-13-10-14(17)11-16(13,19)9-5-8-15(18)20-12/h4-5,7-8,12-14,17,19H,2-3,6,9-11H2,1H3/b7-4+,8-5-/t12-,13-,14+,16+/m0/s1.